The summed E-state index contributed by atoms with van der Waals surface area (Å²) in [6.45, 7) is 3.64. The Kier molecular flexibility index (Phi) is 4.23. The van der Waals surface area contributed by atoms with Crippen molar-refractivity contribution in [2.24, 2.45) is 0 Å². The van der Waals surface area contributed by atoms with Crippen LogP contribution in [0.25, 0.3) is 0 Å². The number of thioether (sulfide) groups is 1. The van der Waals surface area contributed by atoms with E-state index in [1.165, 1.54) is 0 Å². The molecule has 0 aromatic heterocycles. The summed E-state index contributed by atoms with van der Waals surface area (Å²) in [7, 11) is 0. The van der Waals surface area contributed by atoms with Gasteiger partial charge in [0.25, 0.3) is 0 Å². The van der Waals surface area contributed by atoms with Gasteiger partial charge in [0.05, 0.1) is 12.1 Å². The van der Waals surface area contributed by atoms with Crippen LogP contribution in [0.2, 0.25) is 0 Å². The highest BCUT2D eigenvalue weighted by Gasteiger charge is 2.39. The third-order valence-electron chi connectivity index (χ3n) is 2.96. The van der Waals surface area contributed by atoms with Gasteiger partial charge in [0.1, 0.15) is 6.10 Å². The third-order valence-corrected chi connectivity index (χ3v) is 4.09. The van der Waals surface area contributed by atoms with E-state index < -0.39 is 12.2 Å². The number of aliphatic hydroxyl groups excluding tert-OH is 2. The molecule has 4 atom stereocenters. The van der Waals surface area contributed by atoms with Crippen LogP contribution in [-0.2, 0) is 0 Å². The van der Waals surface area contributed by atoms with E-state index in [0.717, 1.165) is 10.6 Å². The van der Waals surface area contributed by atoms with E-state index in [-0.39, 0.29) is 12.1 Å². The molecule has 0 radical (unpaired) electrons. The van der Waals surface area contributed by atoms with E-state index >= 15 is 0 Å². The molecule has 3 N–H and O–H groups in total. The molecule has 1 fully saturated rings. The topological polar surface area (TPSA) is 52.5 Å². The predicted octanol–water partition coefficient (Wildman–Crippen LogP) is 1.03. The Labute approximate surface area is 106 Å². The van der Waals surface area contributed by atoms with Crippen LogP contribution >= 0.6 is 11.8 Å². The van der Waals surface area contributed by atoms with Gasteiger partial charge in [-0.25, -0.2) is 0 Å². The van der Waals surface area contributed by atoms with Gasteiger partial charge in [0.2, 0.25) is 0 Å². The van der Waals surface area contributed by atoms with Crippen molar-refractivity contribution in [1.29, 1.82) is 0 Å². The Bertz CT molecular complexity index is 371. The number of rotatable bonds is 4. The van der Waals surface area contributed by atoms with Crippen LogP contribution in [0, 0.1) is 0 Å². The lowest BCUT2D eigenvalue weighted by molar-refractivity contribution is 0.0366. The molecule has 2 rings (SSSR count). The van der Waals surface area contributed by atoms with Crippen molar-refractivity contribution in [2.45, 2.75) is 29.2 Å². The van der Waals surface area contributed by atoms with E-state index in [9.17, 15) is 10.2 Å². The molecule has 1 aromatic carbocycles. The summed E-state index contributed by atoms with van der Waals surface area (Å²) in [5.41, 5.74) is 0. The molecule has 0 saturated carbocycles. The summed E-state index contributed by atoms with van der Waals surface area (Å²) in [6, 6.07) is 9.71. The maximum atomic E-state index is 9.86. The summed E-state index contributed by atoms with van der Waals surface area (Å²) in [5.74, 6) is 0.729. The van der Waals surface area contributed by atoms with E-state index in [2.05, 4.69) is 11.9 Å². The normalized spacial score (nSPS) is 32.6. The second-order valence-corrected chi connectivity index (χ2v) is 5.23. The van der Waals surface area contributed by atoms with Crippen LogP contribution in [-0.4, -0.2) is 40.3 Å². The highest BCUT2D eigenvalue weighted by Crippen LogP contribution is 2.23. The first-order valence-corrected chi connectivity index (χ1v) is 6.63. The minimum absolute atomic E-state index is 0.0989. The SMILES string of the molecule is C=C[C@@H]1N[C@@H](CSc2ccccc2)[C@@H](O)[C@H]1O. The Morgan fingerprint density at radius 3 is 2.53 bits per heavy atom. The fourth-order valence-corrected chi connectivity index (χ4v) is 2.97. The van der Waals surface area contributed by atoms with Crippen LogP contribution in [0.5, 0.6) is 0 Å². The van der Waals surface area contributed by atoms with Crippen LogP contribution < -0.4 is 5.32 Å². The molecular weight excluding hydrogens is 234 g/mol. The zero-order valence-electron chi connectivity index (χ0n) is 9.49. The predicted molar refractivity (Wildman–Crippen MR) is 70.1 cm³/mol. The van der Waals surface area contributed by atoms with Gasteiger partial charge in [-0.3, -0.25) is 0 Å². The number of hydrogen-bond acceptors (Lipinski definition) is 4. The molecule has 4 heteroatoms. The van der Waals surface area contributed by atoms with Crippen molar-refractivity contribution < 1.29 is 10.2 Å². The van der Waals surface area contributed by atoms with Crippen LogP contribution in [0.4, 0.5) is 0 Å². The lowest BCUT2D eigenvalue weighted by atomic mass is 10.1. The van der Waals surface area contributed by atoms with Gasteiger partial charge in [-0.15, -0.1) is 18.3 Å². The van der Waals surface area contributed by atoms with Crippen LogP contribution in [0.1, 0.15) is 0 Å². The van der Waals surface area contributed by atoms with Gasteiger partial charge in [-0.2, -0.15) is 0 Å². The van der Waals surface area contributed by atoms with Crippen LogP contribution in [0.3, 0.4) is 0 Å². The standard InChI is InChI=1S/C13H17NO2S/c1-2-10-12(15)13(16)11(14-10)8-17-9-6-4-3-5-7-9/h2-7,10-16H,1,8H2/t10-,11-,12-,13+/m0/s1. The second kappa shape index (κ2) is 5.69. The lowest BCUT2D eigenvalue weighted by Gasteiger charge is -2.15. The molecule has 0 unspecified atom stereocenters. The number of benzene rings is 1. The summed E-state index contributed by atoms with van der Waals surface area (Å²) in [6.07, 6.45) is 0.157. The van der Waals surface area contributed by atoms with Gasteiger partial charge in [0, 0.05) is 16.7 Å². The first kappa shape index (κ1) is 12.6. The molecule has 1 aliphatic heterocycles. The Balaban J connectivity index is 1.90. The van der Waals surface area contributed by atoms with Crippen molar-refractivity contribution in [3.63, 3.8) is 0 Å². The van der Waals surface area contributed by atoms with Crippen molar-refractivity contribution >= 4 is 11.8 Å². The number of aliphatic hydroxyl groups is 2. The summed E-state index contributed by atoms with van der Waals surface area (Å²) >= 11 is 1.67. The van der Waals surface area contributed by atoms with Gasteiger partial charge < -0.3 is 15.5 Å². The van der Waals surface area contributed by atoms with Crippen LogP contribution in [0.15, 0.2) is 47.9 Å². The molecule has 92 valence electrons. The van der Waals surface area contributed by atoms with Crippen molar-refractivity contribution in [3.05, 3.63) is 43.0 Å². The average Bonchev–Trinajstić information content (AvgIpc) is 2.65. The molecule has 17 heavy (non-hydrogen) atoms. The van der Waals surface area contributed by atoms with Gasteiger partial charge in [0.15, 0.2) is 0 Å². The van der Waals surface area contributed by atoms with Crippen molar-refractivity contribution in [2.75, 3.05) is 5.75 Å². The molecule has 1 aromatic rings. The Hall–Kier alpha value is -0.810. The van der Waals surface area contributed by atoms with Gasteiger partial charge in [-0.1, -0.05) is 24.3 Å². The largest absolute Gasteiger partial charge is 0.389 e. The van der Waals surface area contributed by atoms with Crippen molar-refractivity contribution in [1.82, 2.24) is 5.32 Å². The average molecular weight is 251 g/mol. The minimum atomic E-state index is -0.756. The number of hydrogen-bond donors (Lipinski definition) is 3. The fourth-order valence-electron chi connectivity index (χ4n) is 1.95. The number of nitrogens with one attached hydrogen (secondary N) is 1. The Morgan fingerprint density at radius 1 is 1.24 bits per heavy atom. The van der Waals surface area contributed by atoms with E-state index in [0.29, 0.717) is 0 Å². The highest BCUT2D eigenvalue weighted by molar-refractivity contribution is 7.99. The maximum absolute atomic E-state index is 9.86. The molecular formula is C13H17NO2S. The Morgan fingerprint density at radius 2 is 1.94 bits per heavy atom. The summed E-state index contributed by atoms with van der Waals surface area (Å²) < 4.78 is 0. The zero-order valence-corrected chi connectivity index (χ0v) is 10.3. The third kappa shape index (κ3) is 2.90. The first-order chi connectivity index (χ1) is 8.22. The molecule has 1 saturated heterocycles. The first-order valence-electron chi connectivity index (χ1n) is 5.65. The highest BCUT2D eigenvalue weighted by atomic mass is 32.2. The van der Waals surface area contributed by atoms with Crippen molar-refractivity contribution in [3.8, 4) is 0 Å². The maximum Gasteiger partial charge on any atom is 0.100 e. The molecule has 3 nitrogen and oxygen atoms in total. The molecule has 0 amide bonds. The lowest BCUT2D eigenvalue weighted by Crippen LogP contribution is -2.35. The molecule has 0 aliphatic carbocycles. The molecule has 0 bridgehead atoms. The summed E-state index contributed by atoms with van der Waals surface area (Å²) in [5, 5.41) is 22.8. The molecule has 0 spiro atoms. The van der Waals surface area contributed by atoms with Gasteiger partial charge >= 0.3 is 0 Å². The molecule has 1 heterocycles. The van der Waals surface area contributed by atoms with E-state index in [1.807, 2.05) is 30.3 Å². The quantitative estimate of drug-likeness (QED) is 0.552. The smallest absolute Gasteiger partial charge is 0.100 e. The fraction of sp³-hybridized carbons (Fsp3) is 0.385. The van der Waals surface area contributed by atoms with E-state index in [1.54, 1.807) is 17.8 Å². The zero-order chi connectivity index (χ0) is 12.3. The monoisotopic (exact) mass is 251 g/mol. The minimum Gasteiger partial charge on any atom is -0.389 e. The van der Waals surface area contributed by atoms with Gasteiger partial charge in [-0.05, 0) is 12.1 Å². The van der Waals surface area contributed by atoms with E-state index in [4.69, 9.17) is 0 Å². The molecule has 1 aliphatic rings. The summed E-state index contributed by atoms with van der Waals surface area (Å²) in [4.78, 5) is 1.16. The second-order valence-electron chi connectivity index (χ2n) is 4.14.